The average Bonchev–Trinajstić information content (AvgIpc) is 2.54. The largest absolute Gasteiger partial charge is 0.507 e. The van der Waals surface area contributed by atoms with E-state index in [0.29, 0.717) is 12.3 Å². The zero-order valence-electron chi connectivity index (χ0n) is 14.8. The van der Waals surface area contributed by atoms with Gasteiger partial charge in [-0.05, 0) is 49.8 Å². The van der Waals surface area contributed by atoms with Gasteiger partial charge < -0.3 is 15.3 Å². The normalized spacial score (nSPS) is 27.5. The Morgan fingerprint density at radius 1 is 1.00 bits per heavy atom. The summed E-state index contributed by atoms with van der Waals surface area (Å²) in [6.07, 6.45) is 2.10. The summed E-state index contributed by atoms with van der Waals surface area (Å²) in [5.74, 6) is 0.379. The van der Waals surface area contributed by atoms with E-state index in [1.165, 1.54) is 5.56 Å². The van der Waals surface area contributed by atoms with Gasteiger partial charge in [-0.2, -0.15) is 0 Å². The number of β-amino-alcohol motifs (C(OH)–C–C–N with tert-alkyl or cyclic N) is 1. The highest BCUT2D eigenvalue weighted by Crippen LogP contribution is 2.26. The van der Waals surface area contributed by atoms with Gasteiger partial charge in [-0.15, -0.1) is 0 Å². The molecule has 0 saturated carbocycles. The fourth-order valence-electron chi connectivity index (χ4n) is 4.17. The van der Waals surface area contributed by atoms with Gasteiger partial charge in [0.1, 0.15) is 5.75 Å². The molecule has 2 fully saturated rings. The third-order valence-electron chi connectivity index (χ3n) is 5.56. The minimum Gasteiger partial charge on any atom is -0.507 e. The third kappa shape index (κ3) is 3.91. The molecule has 0 bridgehead atoms. The molecule has 2 aliphatic rings. The molecular weight excluding hydrogens is 304 g/mol. The fraction of sp³-hybridized carbons (Fsp3) is 0.684. The van der Waals surface area contributed by atoms with Crippen LogP contribution < -0.4 is 0 Å². The maximum absolute atomic E-state index is 10.6. The first-order valence-electron chi connectivity index (χ1n) is 9.05. The van der Waals surface area contributed by atoms with Crippen LogP contribution in [0.15, 0.2) is 12.1 Å². The summed E-state index contributed by atoms with van der Waals surface area (Å²) in [7, 11) is 0. The molecule has 5 nitrogen and oxygen atoms in total. The van der Waals surface area contributed by atoms with E-state index in [-0.39, 0.29) is 18.2 Å². The van der Waals surface area contributed by atoms with E-state index < -0.39 is 0 Å². The zero-order chi connectivity index (χ0) is 17.3. The van der Waals surface area contributed by atoms with E-state index in [4.69, 9.17) is 0 Å². The topological polar surface area (TPSA) is 67.2 Å². The van der Waals surface area contributed by atoms with E-state index in [1.807, 2.05) is 26.0 Å². The van der Waals surface area contributed by atoms with Crippen LogP contribution in [0.1, 0.15) is 36.0 Å². The van der Waals surface area contributed by atoms with Crippen LogP contribution in [0.25, 0.3) is 0 Å². The number of likely N-dealkylation sites (tertiary alicyclic amines) is 2. The number of piperidine rings is 2. The first-order valence-corrected chi connectivity index (χ1v) is 9.05. The standard InChI is InChI=1S/C19H30N2O3/c1-13-9-15(10-14(2)19(13)24)11-20-6-5-17(18(23)12-20)21-7-3-16(22)4-8-21/h9-10,16-18,22-24H,3-8,11-12H2,1-2H3/t17-,18-/m1/s1. The van der Waals surface area contributed by atoms with Gasteiger partial charge in [-0.1, -0.05) is 12.1 Å². The molecule has 0 radical (unpaired) electrons. The summed E-state index contributed by atoms with van der Waals surface area (Å²) in [5, 5.41) is 30.1. The lowest BCUT2D eigenvalue weighted by Gasteiger charge is -2.43. The van der Waals surface area contributed by atoms with Crippen molar-refractivity contribution < 1.29 is 15.3 Å². The third-order valence-corrected chi connectivity index (χ3v) is 5.56. The zero-order valence-corrected chi connectivity index (χ0v) is 14.8. The second kappa shape index (κ2) is 7.40. The van der Waals surface area contributed by atoms with E-state index in [1.54, 1.807) is 0 Å². The highest BCUT2D eigenvalue weighted by atomic mass is 16.3. The highest BCUT2D eigenvalue weighted by molar-refractivity contribution is 5.42. The fourth-order valence-corrected chi connectivity index (χ4v) is 4.17. The molecule has 0 amide bonds. The van der Waals surface area contributed by atoms with E-state index >= 15 is 0 Å². The number of phenolic OH excluding ortho intramolecular Hbond substituents is 1. The van der Waals surface area contributed by atoms with Gasteiger partial charge in [0.2, 0.25) is 0 Å². The van der Waals surface area contributed by atoms with Crippen molar-refractivity contribution in [1.82, 2.24) is 9.80 Å². The van der Waals surface area contributed by atoms with E-state index in [0.717, 1.165) is 56.6 Å². The second-order valence-corrected chi connectivity index (χ2v) is 7.50. The summed E-state index contributed by atoms with van der Waals surface area (Å²) in [6, 6.07) is 4.29. The number of benzene rings is 1. The number of aliphatic hydroxyl groups is 2. The van der Waals surface area contributed by atoms with Gasteiger partial charge in [0, 0.05) is 38.8 Å². The molecule has 1 aromatic rings. The Hall–Kier alpha value is -1.14. The Balaban J connectivity index is 1.57. The van der Waals surface area contributed by atoms with Gasteiger partial charge in [-0.25, -0.2) is 0 Å². The molecule has 2 aliphatic heterocycles. The number of nitrogens with zero attached hydrogens (tertiary/aromatic N) is 2. The molecule has 134 valence electrons. The smallest absolute Gasteiger partial charge is 0.121 e. The SMILES string of the molecule is Cc1cc(CN2CC[C@@H](N3CCC(O)CC3)[C@H](O)C2)cc(C)c1O. The lowest BCUT2D eigenvalue weighted by molar-refractivity contribution is -0.0355. The van der Waals surface area contributed by atoms with Gasteiger partial charge >= 0.3 is 0 Å². The Morgan fingerprint density at radius 3 is 2.21 bits per heavy atom. The summed E-state index contributed by atoms with van der Waals surface area (Å²) >= 11 is 0. The van der Waals surface area contributed by atoms with Crippen molar-refractivity contribution in [3.8, 4) is 5.75 Å². The van der Waals surface area contributed by atoms with Crippen molar-refractivity contribution in [3.63, 3.8) is 0 Å². The molecule has 1 aromatic carbocycles. The predicted octanol–water partition coefficient (Wildman–Crippen LogP) is 1.40. The van der Waals surface area contributed by atoms with Crippen LogP contribution in [0, 0.1) is 13.8 Å². The van der Waals surface area contributed by atoms with Crippen molar-refractivity contribution in [2.24, 2.45) is 0 Å². The van der Waals surface area contributed by atoms with Crippen molar-refractivity contribution in [2.75, 3.05) is 26.2 Å². The van der Waals surface area contributed by atoms with Gasteiger partial charge in [0.15, 0.2) is 0 Å². The van der Waals surface area contributed by atoms with Gasteiger partial charge in [0.05, 0.1) is 12.2 Å². The number of hydrogen-bond acceptors (Lipinski definition) is 5. The Kier molecular flexibility index (Phi) is 5.45. The number of phenols is 1. The van der Waals surface area contributed by atoms with Crippen LogP contribution in [0.5, 0.6) is 5.75 Å². The molecule has 0 unspecified atom stereocenters. The Morgan fingerprint density at radius 2 is 1.62 bits per heavy atom. The molecular formula is C19H30N2O3. The molecule has 24 heavy (non-hydrogen) atoms. The van der Waals surface area contributed by atoms with E-state index in [2.05, 4.69) is 9.80 Å². The van der Waals surface area contributed by atoms with Crippen molar-refractivity contribution >= 4 is 0 Å². The Labute approximate surface area is 144 Å². The number of aryl methyl sites for hydroxylation is 2. The number of hydrogen-bond donors (Lipinski definition) is 3. The average molecular weight is 334 g/mol. The lowest BCUT2D eigenvalue weighted by atomic mass is 9.96. The Bertz CT molecular complexity index is 547. The molecule has 5 heteroatoms. The first kappa shape index (κ1) is 17.7. The predicted molar refractivity (Wildman–Crippen MR) is 94.1 cm³/mol. The summed E-state index contributed by atoms with van der Waals surface area (Å²) in [5.41, 5.74) is 3.01. The maximum Gasteiger partial charge on any atom is 0.121 e. The number of aliphatic hydroxyl groups excluding tert-OH is 2. The van der Waals surface area contributed by atoms with Crippen LogP contribution in [-0.4, -0.2) is 69.5 Å². The quantitative estimate of drug-likeness (QED) is 0.780. The molecule has 2 heterocycles. The molecule has 3 rings (SSSR count). The van der Waals surface area contributed by atoms with Crippen LogP contribution in [0.4, 0.5) is 0 Å². The molecule has 3 N–H and O–H groups in total. The molecule has 0 spiro atoms. The summed E-state index contributed by atoms with van der Waals surface area (Å²) in [4.78, 5) is 4.65. The summed E-state index contributed by atoms with van der Waals surface area (Å²) in [6.45, 7) is 8.10. The van der Waals surface area contributed by atoms with Crippen molar-refractivity contribution in [3.05, 3.63) is 28.8 Å². The second-order valence-electron chi connectivity index (χ2n) is 7.50. The van der Waals surface area contributed by atoms with Crippen LogP contribution in [-0.2, 0) is 6.54 Å². The summed E-state index contributed by atoms with van der Waals surface area (Å²) < 4.78 is 0. The lowest BCUT2D eigenvalue weighted by Crippen LogP contribution is -2.55. The highest BCUT2D eigenvalue weighted by Gasteiger charge is 2.33. The minimum absolute atomic E-state index is 0.167. The number of rotatable bonds is 3. The van der Waals surface area contributed by atoms with Crippen LogP contribution >= 0.6 is 0 Å². The monoisotopic (exact) mass is 334 g/mol. The van der Waals surface area contributed by atoms with Crippen LogP contribution in [0.3, 0.4) is 0 Å². The first-order chi connectivity index (χ1) is 11.4. The van der Waals surface area contributed by atoms with E-state index in [9.17, 15) is 15.3 Å². The minimum atomic E-state index is -0.340. The molecule has 0 aliphatic carbocycles. The molecule has 2 atom stereocenters. The van der Waals surface area contributed by atoms with Crippen molar-refractivity contribution in [1.29, 1.82) is 0 Å². The van der Waals surface area contributed by atoms with Crippen molar-refractivity contribution in [2.45, 2.75) is 57.9 Å². The van der Waals surface area contributed by atoms with Gasteiger partial charge in [0.25, 0.3) is 0 Å². The van der Waals surface area contributed by atoms with Gasteiger partial charge in [-0.3, -0.25) is 9.80 Å². The maximum atomic E-state index is 10.6. The molecule has 0 aromatic heterocycles. The van der Waals surface area contributed by atoms with Crippen LogP contribution in [0.2, 0.25) is 0 Å². The molecule has 2 saturated heterocycles. The number of aromatic hydroxyl groups is 1.